The summed E-state index contributed by atoms with van der Waals surface area (Å²) >= 11 is 3.71. The Morgan fingerprint density at radius 2 is 1.05 bits per heavy atom. The van der Waals surface area contributed by atoms with E-state index in [1.54, 1.807) is 0 Å². The Bertz CT molecular complexity index is 1070. The summed E-state index contributed by atoms with van der Waals surface area (Å²) in [5.41, 5.74) is 1.34. The Kier molecular flexibility index (Phi) is 2.38. The lowest BCUT2D eigenvalue weighted by Gasteiger charge is -2.15. The van der Waals surface area contributed by atoms with Crippen molar-refractivity contribution in [2.75, 3.05) is 0 Å². The van der Waals surface area contributed by atoms with Crippen LogP contribution in [0.1, 0.15) is 5.56 Å². The first-order chi connectivity index (χ1) is 10.8. The van der Waals surface area contributed by atoms with Crippen molar-refractivity contribution in [2.45, 2.75) is 6.92 Å². The first-order valence-electron chi connectivity index (χ1n) is 7.50. The number of rotatable bonds is 0. The van der Waals surface area contributed by atoms with E-state index < -0.39 is 0 Å². The standard InChI is InChI=1S/C21H13Br/c1-12-8-9-16-15-6-3-7-18-19(22)11-10-17(21(15)18)14-5-2-4-13(12)20(14)16/h2-11H,1H3. The van der Waals surface area contributed by atoms with Gasteiger partial charge in [0.25, 0.3) is 0 Å². The largest absolute Gasteiger partial charge is 0.0610 e. The molecule has 0 aliphatic carbocycles. The monoisotopic (exact) mass is 344 g/mol. The minimum absolute atomic E-state index is 1.16. The summed E-state index contributed by atoms with van der Waals surface area (Å²) in [5, 5.41) is 10.8. The number of hydrogen-bond acceptors (Lipinski definition) is 0. The van der Waals surface area contributed by atoms with E-state index in [4.69, 9.17) is 0 Å². The lowest BCUT2D eigenvalue weighted by molar-refractivity contribution is 1.55. The summed E-state index contributed by atoms with van der Waals surface area (Å²) in [5.74, 6) is 0. The molecule has 0 fully saturated rings. The van der Waals surface area contributed by atoms with Crippen LogP contribution in [-0.2, 0) is 0 Å². The van der Waals surface area contributed by atoms with Crippen LogP contribution >= 0.6 is 15.9 Å². The molecule has 0 nitrogen and oxygen atoms in total. The van der Waals surface area contributed by atoms with Gasteiger partial charge in [-0.1, -0.05) is 70.5 Å². The highest BCUT2D eigenvalue weighted by Crippen LogP contribution is 2.42. The third-order valence-corrected chi connectivity index (χ3v) is 5.52. The Labute approximate surface area is 136 Å². The topological polar surface area (TPSA) is 0 Å². The van der Waals surface area contributed by atoms with Gasteiger partial charge in [-0.15, -0.1) is 0 Å². The molecule has 0 spiro atoms. The molecule has 0 amide bonds. The van der Waals surface area contributed by atoms with Crippen molar-refractivity contribution in [2.24, 2.45) is 0 Å². The maximum absolute atomic E-state index is 3.71. The van der Waals surface area contributed by atoms with Crippen LogP contribution in [0, 0.1) is 6.92 Å². The van der Waals surface area contributed by atoms with Crippen LogP contribution in [0.25, 0.3) is 43.1 Å². The number of benzene rings is 5. The molecule has 0 heterocycles. The Hall–Kier alpha value is -2.12. The second-order valence-corrected chi connectivity index (χ2v) is 6.84. The van der Waals surface area contributed by atoms with E-state index in [9.17, 15) is 0 Å². The smallest absolute Gasteiger partial charge is 0.0254 e. The summed E-state index contributed by atoms with van der Waals surface area (Å²) in [7, 11) is 0. The maximum atomic E-state index is 3.71. The van der Waals surface area contributed by atoms with Crippen LogP contribution in [-0.4, -0.2) is 0 Å². The molecule has 5 aromatic carbocycles. The normalized spacial score (nSPS) is 12.1. The fraction of sp³-hybridized carbons (Fsp3) is 0.0476. The number of hydrogen-bond donors (Lipinski definition) is 0. The van der Waals surface area contributed by atoms with E-state index in [-0.39, 0.29) is 0 Å². The van der Waals surface area contributed by atoms with Gasteiger partial charge in [0.05, 0.1) is 0 Å². The van der Waals surface area contributed by atoms with E-state index in [0.717, 1.165) is 4.47 Å². The minimum atomic E-state index is 1.16. The Morgan fingerprint density at radius 1 is 0.545 bits per heavy atom. The van der Waals surface area contributed by atoms with Crippen molar-refractivity contribution >= 4 is 59.0 Å². The molecule has 0 unspecified atom stereocenters. The van der Waals surface area contributed by atoms with E-state index in [2.05, 4.69) is 83.5 Å². The van der Waals surface area contributed by atoms with Gasteiger partial charge >= 0.3 is 0 Å². The minimum Gasteiger partial charge on any atom is -0.0610 e. The molecule has 0 bridgehead atoms. The van der Waals surface area contributed by atoms with E-state index in [0.29, 0.717) is 0 Å². The predicted molar refractivity (Wildman–Crippen MR) is 100 cm³/mol. The van der Waals surface area contributed by atoms with Crippen molar-refractivity contribution in [1.82, 2.24) is 0 Å². The summed E-state index contributed by atoms with van der Waals surface area (Å²) < 4.78 is 1.16. The average Bonchev–Trinajstić information content (AvgIpc) is 2.55. The zero-order chi connectivity index (χ0) is 14.8. The third kappa shape index (κ3) is 1.42. The molecule has 0 saturated heterocycles. The molecule has 5 rings (SSSR count). The van der Waals surface area contributed by atoms with Gasteiger partial charge in [0, 0.05) is 4.47 Å². The van der Waals surface area contributed by atoms with E-state index >= 15 is 0 Å². The summed E-state index contributed by atoms with van der Waals surface area (Å²) in [4.78, 5) is 0. The summed E-state index contributed by atoms with van der Waals surface area (Å²) in [6, 6.07) is 22.2. The highest BCUT2D eigenvalue weighted by molar-refractivity contribution is 9.10. The predicted octanol–water partition coefficient (Wildman–Crippen LogP) is 6.81. The van der Waals surface area contributed by atoms with Crippen molar-refractivity contribution < 1.29 is 0 Å². The van der Waals surface area contributed by atoms with Crippen molar-refractivity contribution in [1.29, 1.82) is 0 Å². The van der Waals surface area contributed by atoms with Gasteiger partial charge < -0.3 is 0 Å². The second-order valence-electron chi connectivity index (χ2n) is 5.98. The van der Waals surface area contributed by atoms with Gasteiger partial charge in [-0.2, -0.15) is 0 Å². The maximum Gasteiger partial charge on any atom is 0.0254 e. The second kappa shape index (κ2) is 4.21. The quantitative estimate of drug-likeness (QED) is 0.214. The van der Waals surface area contributed by atoms with Gasteiger partial charge in [-0.05, 0) is 61.6 Å². The van der Waals surface area contributed by atoms with Gasteiger partial charge in [0.15, 0.2) is 0 Å². The Morgan fingerprint density at radius 3 is 1.77 bits per heavy atom. The van der Waals surface area contributed by atoms with Crippen molar-refractivity contribution in [3.63, 3.8) is 0 Å². The fourth-order valence-electron chi connectivity index (χ4n) is 3.82. The summed E-state index contributed by atoms with van der Waals surface area (Å²) in [6.07, 6.45) is 0. The van der Waals surface area contributed by atoms with Crippen LogP contribution < -0.4 is 0 Å². The zero-order valence-corrected chi connectivity index (χ0v) is 13.7. The van der Waals surface area contributed by atoms with Gasteiger partial charge in [-0.3, -0.25) is 0 Å². The first-order valence-corrected chi connectivity index (χ1v) is 8.29. The molecule has 22 heavy (non-hydrogen) atoms. The highest BCUT2D eigenvalue weighted by atomic mass is 79.9. The van der Waals surface area contributed by atoms with Gasteiger partial charge in [-0.25, -0.2) is 0 Å². The van der Waals surface area contributed by atoms with Crippen molar-refractivity contribution in [3.05, 3.63) is 70.7 Å². The molecule has 0 radical (unpaired) electrons. The molecule has 0 aliphatic rings. The number of halogens is 1. The van der Waals surface area contributed by atoms with Crippen molar-refractivity contribution in [3.8, 4) is 0 Å². The molecule has 0 N–H and O–H groups in total. The molecule has 0 aromatic heterocycles. The summed E-state index contributed by atoms with van der Waals surface area (Å²) in [6.45, 7) is 2.20. The van der Waals surface area contributed by atoms with Crippen LogP contribution in [0.4, 0.5) is 0 Å². The first kappa shape index (κ1) is 12.4. The van der Waals surface area contributed by atoms with Crippen LogP contribution in [0.3, 0.4) is 0 Å². The molecule has 0 aliphatic heterocycles. The van der Waals surface area contributed by atoms with Crippen LogP contribution in [0.15, 0.2) is 65.1 Å². The van der Waals surface area contributed by atoms with E-state index in [1.165, 1.54) is 48.7 Å². The molecule has 0 saturated carbocycles. The lowest BCUT2D eigenvalue weighted by atomic mass is 9.89. The highest BCUT2D eigenvalue weighted by Gasteiger charge is 2.14. The molecule has 104 valence electrons. The molecule has 1 heteroatoms. The van der Waals surface area contributed by atoms with Crippen LogP contribution in [0.2, 0.25) is 0 Å². The SMILES string of the molecule is Cc1ccc2c3cccc4c(Br)ccc(c5cccc1c25)c43. The van der Waals surface area contributed by atoms with Gasteiger partial charge in [0.2, 0.25) is 0 Å². The average molecular weight is 345 g/mol. The zero-order valence-electron chi connectivity index (χ0n) is 12.2. The Balaban J connectivity index is 2.28. The number of fused-ring (bicyclic) bond motifs is 2. The number of aryl methyl sites for hydroxylation is 1. The fourth-order valence-corrected chi connectivity index (χ4v) is 4.28. The lowest BCUT2D eigenvalue weighted by Crippen LogP contribution is -1.88. The molecule has 5 aromatic rings. The molecule has 0 atom stereocenters. The van der Waals surface area contributed by atoms with Gasteiger partial charge in [0.1, 0.15) is 0 Å². The molecular weight excluding hydrogens is 332 g/mol. The van der Waals surface area contributed by atoms with E-state index in [1.807, 2.05) is 0 Å². The molecular formula is C21H13Br. The third-order valence-electron chi connectivity index (χ3n) is 4.83. The van der Waals surface area contributed by atoms with Crippen LogP contribution in [0.5, 0.6) is 0 Å².